The van der Waals surface area contributed by atoms with Crippen molar-refractivity contribution in [2.24, 2.45) is 5.92 Å². The van der Waals surface area contributed by atoms with Gasteiger partial charge in [-0.05, 0) is 72.8 Å². The Morgan fingerprint density at radius 2 is 1.87 bits per heavy atom. The molecule has 0 saturated carbocycles. The molecule has 166 valence electrons. The first kappa shape index (κ1) is 21.8. The van der Waals surface area contributed by atoms with Crippen molar-refractivity contribution in [2.75, 3.05) is 13.1 Å². The zero-order valence-corrected chi connectivity index (χ0v) is 17.9. The number of rotatable bonds is 5. The standard InChI is InChI=1S/C22H24F3N3O2S/c1-21(19(29)28(20(30)26-21)13-16-7-10-31-14-16)17-5-8-27(9-6-17)12-15-3-2-4-18(11-15)22(23,24)25/h2-4,7,10-11,14,17H,5-6,8-9,12-13H2,1H3,(H,26,30)/t21-/m1/s1. The lowest BCUT2D eigenvalue weighted by atomic mass is 9.79. The molecule has 2 aliphatic rings. The van der Waals surface area contributed by atoms with E-state index in [0.29, 0.717) is 38.0 Å². The van der Waals surface area contributed by atoms with Crippen LogP contribution in [0.5, 0.6) is 0 Å². The lowest BCUT2D eigenvalue weighted by Gasteiger charge is -2.39. The third-order valence-electron chi connectivity index (χ3n) is 6.29. The van der Waals surface area contributed by atoms with Crippen molar-refractivity contribution in [3.05, 3.63) is 57.8 Å². The van der Waals surface area contributed by atoms with Gasteiger partial charge in [0.2, 0.25) is 0 Å². The van der Waals surface area contributed by atoms with Gasteiger partial charge in [-0.1, -0.05) is 18.2 Å². The molecule has 3 heterocycles. The number of alkyl halides is 3. The van der Waals surface area contributed by atoms with Gasteiger partial charge in [-0.2, -0.15) is 24.5 Å². The molecule has 2 aliphatic heterocycles. The number of nitrogens with zero attached hydrogens (tertiary/aromatic N) is 2. The zero-order valence-electron chi connectivity index (χ0n) is 17.1. The number of amides is 3. The molecule has 0 radical (unpaired) electrons. The number of urea groups is 1. The van der Waals surface area contributed by atoms with Gasteiger partial charge in [-0.3, -0.25) is 14.6 Å². The summed E-state index contributed by atoms with van der Waals surface area (Å²) in [5, 5.41) is 6.73. The van der Waals surface area contributed by atoms with Gasteiger partial charge >= 0.3 is 12.2 Å². The molecule has 5 nitrogen and oxygen atoms in total. The minimum absolute atomic E-state index is 0.0193. The van der Waals surface area contributed by atoms with Gasteiger partial charge in [0.1, 0.15) is 5.54 Å². The quantitative estimate of drug-likeness (QED) is 0.682. The summed E-state index contributed by atoms with van der Waals surface area (Å²) in [4.78, 5) is 28.9. The van der Waals surface area contributed by atoms with Crippen molar-refractivity contribution in [3.8, 4) is 0 Å². The fourth-order valence-corrected chi connectivity index (χ4v) is 5.13. The highest BCUT2D eigenvalue weighted by Gasteiger charge is 2.52. The number of hydrogen-bond donors (Lipinski definition) is 1. The molecule has 2 aromatic rings. The van der Waals surface area contributed by atoms with Gasteiger partial charge in [0, 0.05) is 6.54 Å². The number of likely N-dealkylation sites (tertiary alicyclic amines) is 1. The van der Waals surface area contributed by atoms with Gasteiger partial charge in [0.05, 0.1) is 12.1 Å². The van der Waals surface area contributed by atoms with Crippen LogP contribution in [0.25, 0.3) is 0 Å². The van der Waals surface area contributed by atoms with E-state index >= 15 is 0 Å². The zero-order chi connectivity index (χ0) is 22.2. The molecule has 1 aromatic carbocycles. The van der Waals surface area contributed by atoms with Crippen LogP contribution in [0.3, 0.4) is 0 Å². The fraction of sp³-hybridized carbons (Fsp3) is 0.455. The van der Waals surface area contributed by atoms with Crippen LogP contribution < -0.4 is 5.32 Å². The highest BCUT2D eigenvalue weighted by Crippen LogP contribution is 2.35. The lowest BCUT2D eigenvalue weighted by molar-refractivity contribution is -0.137. The Bertz CT molecular complexity index is 955. The second-order valence-electron chi connectivity index (χ2n) is 8.40. The summed E-state index contributed by atoms with van der Waals surface area (Å²) in [7, 11) is 0. The molecule has 4 rings (SSSR count). The van der Waals surface area contributed by atoms with Gasteiger partial charge in [0.15, 0.2) is 0 Å². The van der Waals surface area contributed by atoms with Crippen LogP contribution in [0.2, 0.25) is 0 Å². The van der Waals surface area contributed by atoms with E-state index in [2.05, 4.69) is 10.2 Å². The summed E-state index contributed by atoms with van der Waals surface area (Å²) in [6, 6.07) is 6.92. The molecule has 0 aliphatic carbocycles. The highest BCUT2D eigenvalue weighted by molar-refractivity contribution is 7.07. The van der Waals surface area contributed by atoms with Crippen molar-refractivity contribution in [1.82, 2.24) is 15.1 Å². The van der Waals surface area contributed by atoms with E-state index in [1.54, 1.807) is 13.0 Å². The Morgan fingerprint density at radius 3 is 2.52 bits per heavy atom. The van der Waals surface area contributed by atoms with Crippen molar-refractivity contribution >= 4 is 23.3 Å². The first-order valence-corrected chi connectivity index (χ1v) is 11.1. The van der Waals surface area contributed by atoms with E-state index in [1.807, 2.05) is 16.8 Å². The van der Waals surface area contributed by atoms with Crippen molar-refractivity contribution in [1.29, 1.82) is 0 Å². The first-order valence-electron chi connectivity index (χ1n) is 10.2. The molecule has 1 aromatic heterocycles. The van der Waals surface area contributed by atoms with Crippen LogP contribution in [0, 0.1) is 5.92 Å². The Hall–Kier alpha value is -2.39. The van der Waals surface area contributed by atoms with Crippen molar-refractivity contribution in [3.63, 3.8) is 0 Å². The van der Waals surface area contributed by atoms with Gasteiger partial charge in [-0.25, -0.2) is 4.79 Å². The predicted molar refractivity (Wildman–Crippen MR) is 111 cm³/mol. The van der Waals surface area contributed by atoms with Gasteiger partial charge in [-0.15, -0.1) is 0 Å². The Balaban J connectivity index is 1.37. The lowest BCUT2D eigenvalue weighted by Crippen LogP contribution is -2.53. The second kappa shape index (κ2) is 8.27. The van der Waals surface area contributed by atoms with Crippen LogP contribution in [0.15, 0.2) is 41.1 Å². The average Bonchev–Trinajstić information content (AvgIpc) is 3.31. The summed E-state index contributed by atoms with van der Waals surface area (Å²) in [5.41, 5.74) is -0.0484. The topological polar surface area (TPSA) is 52.7 Å². The average molecular weight is 452 g/mol. The third kappa shape index (κ3) is 4.48. The maximum Gasteiger partial charge on any atom is 0.416 e. The molecule has 1 N–H and O–H groups in total. The van der Waals surface area contributed by atoms with E-state index in [0.717, 1.165) is 11.6 Å². The summed E-state index contributed by atoms with van der Waals surface area (Å²) in [5.74, 6) is -0.228. The number of thiophene rings is 1. The van der Waals surface area contributed by atoms with Crippen molar-refractivity contribution in [2.45, 2.75) is 44.6 Å². The molecule has 0 unspecified atom stereocenters. The smallest absolute Gasteiger partial charge is 0.323 e. The number of benzene rings is 1. The van der Waals surface area contributed by atoms with E-state index in [-0.39, 0.29) is 24.4 Å². The van der Waals surface area contributed by atoms with Crippen LogP contribution in [-0.4, -0.2) is 40.4 Å². The fourth-order valence-electron chi connectivity index (χ4n) is 4.47. The third-order valence-corrected chi connectivity index (χ3v) is 7.02. The Morgan fingerprint density at radius 1 is 1.13 bits per heavy atom. The number of hydrogen-bond acceptors (Lipinski definition) is 4. The molecular weight excluding hydrogens is 427 g/mol. The SMILES string of the molecule is C[C@]1(C2CCN(Cc3cccc(C(F)(F)F)c3)CC2)NC(=O)N(Cc2ccsc2)C1=O. The number of imide groups is 1. The van der Waals surface area contributed by atoms with Gasteiger partial charge < -0.3 is 5.32 Å². The van der Waals surface area contributed by atoms with Crippen LogP contribution in [0.4, 0.5) is 18.0 Å². The molecule has 2 fully saturated rings. The molecule has 0 spiro atoms. The number of piperidine rings is 1. The summed E-state index contributed by atoms with van der Waals surface area (Å²) in [6.45, 7) is 3.79. The number of nitrogens with one attached hydrogen (secondary N) is 1. The minimum atomic E-state index is -4.35. The number of halogens is 3. The predicted octanol–water partition coefficient (Wildman–Crippen LogP) is 4.49. The molecule has 0 bridgehead atoms. The normalized spacial score (nSPS) is 23.4. The van der Waals surface area contributed by atoms with Crippen LogP contribution >= 0.6 is 11.3 Å². The summed E-state index contributed by atoms with van der Waals surface area (Å²) < 4.78 is 38.8. The largest absolute Gasteiger partial charge is 0.416 e. The van der Waals surface area contributed by atoms with E-state index in [4.69, 9.17) is 0 Å². The summed E-state index contributed by atoms with van der Waals surface area (Å²) in [6.07, 6.45) is -2.98. The molecular formula is C22H24F3N3O2S. The first-order chi connectivity index (χ1) is 14.7. The monoisotopic (exact) mass is 451 g/mol. The maximum absolute atomic E-state index is 13.1. The molecule has 1 atom stereocenters. The van der Waals surface area contributed by atoms with Gasteiger partial charge in [0.25, 0.3) is 5.91 Å². The molecule has 3 amide bonds. The Labute approximate surface area is 182 Å². The molecule has 2 saturated heterocycles. The summed E-state index contributed by atoms with van der Waals surface area (Å²) >= 11 is 1.52. The second-order valence-corrected chi connectivity index (χ2v) is 9.18. The van der Waals surface area contributed by atoms with Crippen molar-refractivity contribution < 1.29 is 22.8 Å². The maximum atomic E-state index is 13.1. The molecule has 31 heavy (non-hydrogen) atoms. The Kier molecular flexibility index (Phi) is 5.83. The van der Waals surface area contributed by atoms with E-state index in [1.165, 1.54) is 28.4 Å². The van der Waals surface area contributed by atoms with Crippen LogP contribution in [0.1, 0.15) is 36.5 Å². The van der Waals surface area contributed by atoms with Crippen LogP contribution in [-0.2, 0) is 24.1 Å². The highest BCUT2D eigenvalue weighted by atomic mass is 32.1. The number of carbonyl (C=O) groups excluding carboxylic acids is 2. The molecule has 9 heteroatoms. The minimum Gasteiger partial charge on any atom is -0.323 e. The number of carbonyl (C=O) groups is 2. The van der Waals surface area contributed by atoms with E-state index in [9.17, 15) is 22.8 Å². The van der Waals surface area contributed by atoms with E-state index < -0.39 is 17.3 Å².